The molecule has 1 saturated heterocycles. The summed E-state index contributed by atoms with van der Waals surface area (Å²) >= 11 is 6.01. The molecule has 1 unspecified atom stereocenters. The Balaban J connectivity index is 1.84. The second-order valence-corrected chi connectivity index (χ2v) is 10.7. The summed E-state index contributed by atoms with van der Waals surface area (Å²) in [5, 5.41) is 19.3. The van der Waals surface area contributed by atoms with Crippen molar-refractivity contribution < 1.29 is 28.5 Å². The lowest BCUT2D eigenvalue weighted by Crippen LogP contribution is -2.37. The van der Waals surface area contributed by atoms with Gasteiger partial charge in [-0.05, 0) is 34.7 Å². The van der Waals surface area contributed by atoms with Crippen molar-refractivity contribution in [1.82, 2.24) is 4.57 Å². The SMILES string of the molecule is CC(C)(C)C(CO)n1cc(C(=O)O)c(=O)c2cc(Cc3cc(N4CCOCC4)c(F)c(Cl)c3F)ccc21. The molecular weight excluding hydrogens is 506 g/mol. The van der Waals surface area contributed by atoms with Gasteiger partial charge in [0.05, 0.1) is 37.1 Å². The Hall–Kier alpha value is -3.01. The Morgan fingerprint density at radius 1 is 1.16 bits per heavy atom. The molecular formula is C27H29ClF2N2O5. The molecule has 0 spiro atoms. The maximum absolute atomic E-state index is 15.0. The van der Waals surface area contributed by atoms with Gasteiger partial charge in [-0.3, -0.25) is 4.79 Å². The lowest BCUT2D eigenvalue weighted by Gasteiger charge is -2.32. The van der Waals surface area contributed by atoms with Gasteiger partial charge in [0.1, 0.15) is 16.4 Å². The highest BCUT2D eigenvalue weighted by Crippen LogP contribution is 2.35. The molecule has 198 valence electrons. The number of aromatic nitrogens is 1. The zero-order valence-corrected chi connectivity index (χ0v) is 21.6. The lowest BCUT2D eigenvalue weighted by atomic mass is 9.86. The molecule has 2 aromatic carbocycles. The number of pyridine rings is 1. The molecule has 2 N–H and O–H groups in total. The molecule has 7 nitrogen and oxygen atoms in total. The van der Waals surface area contributed by atoms with Gasteiger partial charge in [0.2, 0.25) is 5.43 Å². The van der Waals surface area contributed by atoms with Crippen molar-refractivity contribution in [2.45, 2.75) is 33.2 Å². The molecule has 1 fully saturated rings. The molecule has 1 aliphatic heterocycles. The Bertz CT molecular complexity index is 1410. The van der Waals surface area contributed by atoms with Crippen molar-refractivity contribution >= 4 is 34.2 Å². The predicted octanol–water partition coefficient (Wildman–Crippen LogP) is 4.64. The maximum Gasteiger partial charge on any atom is 0.341 e. The summed E-state index contributed by atoms with van der Waals surface area (Å²) in [6, 6.07) is 5.77. The van der Waals surface area contributed by atoms with Crippen LogP contribution in [0.5, 0.6) is 0 Å². The van der Waals surface area contributed by atoms with Crippen molar-refractivity contribution in [2.24, 2.45) is 5.41 Å². The van der Waals surface area contributed by atoms with E-state index in [2.05, 4.69) is 0 Å². The van der Waals surface area contributed by atoms with Gasteiger partial charge in [-0.2, -0.15) is 0 Å². The van der Waals surface area contributed by atoms with Gasteiger partial charge < -0.3 is 24.4 Å². The lowest BCUT2D eigenvalue weighted by molar-refractivity contribution is 0.0692. The van der Waals surface area contributed by atoms with Gasteiger partial charge >= 0.3 is 5.97 Å². The number of morpholine rings is 1. The minimum Gasteiger partial charge on any atom is -0.477 e. The Kier molecular flexibility index (Phi) is 7.60. The molecule has 10 heteroatoms. The third-order valence-electron chi connectivity index (χ3n) is 6.78. The number of benzene rings is 2. The summed E-state index contributed by atoms with van der Waals surface area (Å²) < 4.78 is 36.8. The van der Waals surface area contributed by atoms with E-state index in [1.165, 1.54) is 18.3 Å². The van der Waals surface area contributed by atoms with Gasteiger partial charge in [0, 0.05) is 31.1 Å². The number of carbonyl (C=O) groups is 1. The van der Waals surface area contributed by atoms with Crippen LogP contribution in [0.25, 0.3) is 10.9 Å². The van der Waals surface area contributed by atoms with Crippen LogP contribution in [-0.4, -0.2) is 53.7 Å². The van der Waals surface area contributed by atoms with Crippen LogP contribution < -0.4 is 10.3 Å². The van der Waals surface area contributed by atoms with Crippen LogP contribution in [0.4, 0.5) is 14.5 Å². The van der Waals surface area contributed by atoms with E-state index in [9.17, 15) is 24.2 Å². The number of hydrogen-bond acceptors (Lipinski definition) is 5. The van der Waals surface area contributed by atoms with E-state index >= 15 is 4.39 Å². The topological polar surface area (TPSA) is 92.0 Å². The van der Waals surface area contributed by atoms with Crippen LogP contribution in [0.2, 0.25) is 5.02 Å². The van der Waals surface area contributed by atoms with Gasteiger partial charge in [-0.1, -0.05) is 38.4 Å². The van der Waals surface area contributed by atoms with Gasteiger partial charge in [0.25, 0.3) is 0 Å². The number of fused-ring (bicyclic) bond motifs is 1. The summed E-state index contributed by atoms with van der Waals surface area (Å²) in [4.78, 5) is 26.7. The fraction of sp³-hybridized carbons (Fsp3) is 0.407. The maximum atomic E-state index is 15.0. The Morgan fingerprint density at radius 2 is 1.84 bits per heavy atom. The van der Waals surface area contributed by atoms with E-state index in [0.29, 0.717) is 37.4 Å². The Morgan fingerprint density at radius 3 is 2.43 bits per heavy atom. The van der Waals surface area contributed by atoms with Crippen molar-refractivity contribution in [3.05, 3.63) is 74.0 Å². The molecule has 0 saturated carbocycles. The highest BCUT2D eigenvalue weighted by Gasteiger charge is 2.28. The van der Waals surface area contributed by atoms with E-state index in [-0.39, 0.29) is 29.7 Å². The monoisotopic (exact) mass is 534 g/mol. The first kappa shape index (κ1) is 27.0. The first-order valence-corrected chi connectivity index (χ1v) is 12.3. The van der Waals surface area contributed by atoms with E-state index in [1.54, 1.807) is 21.6 Å². The molecule has 0 radical (unpaired) electrons. The Labute approximate surface area is 217 Å². The van der Waals surface area contributed by atoms with E-state index in [4.69, 9.17) is 16.3 Å². The molecule has 2 heterocycles. The fourth-order valence-electron chi connectivity index (χ4n) is 4.73. The minimum absolute atomic E-state index is 0.00144. The number of aliphatic hydroxyl groups excluding tert-OH is 1. The number of aromatic carboxylic acids is 1. The standard InChI is InChI=1S/C27H29ClF2N2O5/c1-27(2,3)21(14-33)32-13-18(26(35)36)25(34)17-11-15(4-5-19(17)32)10-16-12-20(24(30)22(28)23(16)29)31-6-8-37-9-7-31/h4-5,11-13,21,33H,6-10,14H2,1-3H3,(H,35,36). The number of ether oxygens (including phenoxy) is 1. The first-order valence-electron chi connectivity index (χ1n) is 11.9. The average Bonchev–Trinajstić information content (AvgIpc) is 2.85. The van der Waals surface area contributed by atoms with E-state index in [0.717, 1.165) is 0 Å². The van der Waals surface area contributed by atoms with Crippen LogP contribution in [0.15, 0.2) is 35.3 Å². The molecule has 1 atom stereocenters. The van der Waals surface area contributed by atoms with Gasteiger partial charge in [-0.15, -0.1) is 0 Å². The van der Waals surface area contributed by atoms with Crippen molar-refractivity contribution in [1.29, 1.82) is 0 Å². The van der Waals surface area contributed by atoms with Crippen LogP contribution in [0, 0.1) is 17.0 Å². The summed E-state index contributed by atoms with van der Waals surface area (Å²) in [6.07, 6.45) is 1.26. The van der Waals surface area contributed by atoms with Crippen molar-refractivity contribution in [2.75, 3.05) is 37.8 Å². The highest BCUT2D eigenvalue weighted by atomic mass is 35.5. The van der Waals surface area contributed by atoms with Gasteiger partial charge in [-0.25, -0.2) is 13.6 Å². The average molecular weight is 535 g/mol. The minimum atomic E-state index is -1.39. The van der Waals surface area contributed by atoms with Crippen LogP contribution >= 0.6 is 11.6 Å². The van der Waals surface area contributed by atoms with E-state index < -0.39 is 45.1 Å². The van der Waals surface area contributed by atoms with Crippen LogP contribution in [0.1, 0.15) is 48.3 Å². The summed E-state index contributed by atoms with van der Waals surface area (Å²) in [5.41, 5.74) is -0.281. The quantitative estimate of drug-likeness (QED) is 0.448. The predicted molar refractivity (Wildman–Crippen MR) is 138 cm³/mol. The number of carboxylic acids is 1. The number of nitrogens with zero attached hydrogens (tertiary/aromatic N) is 2. The number of anilines is 1. The molecule has 37 heavy (non-hydrogen) atoms. The second kappa shape index (κ2) is 10.4. The largest absolute Gasteiger partial charge is 0.477 e. The summed E-state index contributed by atoms with van der Waals surface area (Å²) in [7, 11) is 0. The fourth-order valence-corrected chi connectivity index (χ4v) is 4.94. The second-order valence-electron chi connectivity index (χ2n) is 10.3. The number of aliphatic hydroxyl groups is 1. The normalized spacial score (nSPS) is 15.3. The first-order chi connectivity index (χ1) is 17.4. The molecule has 1 aliphatic rings. The molecule has 0 bridgehead atoms. The smallest absolute Gasteiger partial charge is 0.341 e. The number of halogens is 3. The zero-order valence-electron chi connectivity index (χ0n) is 20.9. The number of carboxylic acid groups (broad SMARTS) is 1. The van der Waals surface area contributed by atoms with Gasteiger partial charge in [0.15, 0.2) is 5.82 Å². The molecule has 1 aromatic heterocycles. The number of hydrogen-bond donors (Lipinski definition) is 2. The molecule has 0 amide bonds. The van der Waals surface area contributed by atoms with Crippen LogP contribution in [-0.2, 0) is 11.2 Å². The zero-order chi connectivity index (χ0) is 27.1. The van der Waals surface area contributed by atoms with Crippen molar-refractivity contribution in [3.8, 4) is 0 Å². The summed E-state index contributed by atoms with van der Waals surface area (Å²) in [6.45, 7) is 7.13. The third-order valence-corrected chi connectivity index (χ3v) is 7.12. The highest BCUT2D eigenvalue weighted by molar-refractivity contribution is 6.31. The molecule has 4 rings (SSSR count). The van der Waals surface area contributed by atoms with Crippen molar-refractivity contribution in [3.63, 3.8) is 0 Å². The number of rotatable bonds is 6. The third kappa shape index (κ3) is 5.21. The molecule has 3 aromatic rings. The molecule has 0 aliphatic carbocycles. The summed E-state index contributed by atoms with van der Waals surface area (Å²) in [5.74, 6) is -3.11. The van der Waals surface area contributed by atoms with Crippen LogP contribution in [0.3, 0.4) is 0 Å². The van der Waals surface area contributed by atoms with E-state index in [1.807, 2.05) is 20.8 Å².